The molecule has 5 aliphatic carbocycles. The Morgan fingerprint density at radius 3 is 2.40 bits per heavy atom. The largest absolute Gasteiger partial charge is 0.481 e. The summed E-state index contributed by atoms with van der Waals surface area (Å²) < 4.78 is 12.8. The number of aromatic nitrogens is 3. The van der Waals surface area contributed by atoms with E-state index in [4.69, 9.17) is 9.47 Å². The van der Waals surface area contributed by atoms with Crippen LogP contribution < -0.4 is 0 Å². The third kappa shape index (κ3) is 4.76. The average Bonchev–Trinajstić information content (AvgIpc) is 3.41. The zero-order valence-corrected chi connectivity index (χ0v) is 28.7. The van der Waals surface area contributed by atoms with Gasteiger partial charge >= 0.3 is 11.9 Å². The molecule has 1 heterocycles. The van der Waals surface area contributed by atoms with Gasteiger partial charge in [0.15, 0.2) is 0 Å². The maximum Gasteiger partial charge on any atom is 0.327 e. The Balaban J connectivity index is 1.26. The SMILES string of the molecule is COC(=O)Cn1cc(CO[C@H]2CC[C@]3(C)[C@H]4C(O)C=C5[C@@H]6C[C@@](C)(C(=O)O)CC[C@]6(C)CC[C@@]5(C)[C@]4(C)CC[C@H]3C2(C)C)nn1. The fourth-order valence-corrected chi connectivity index (χ4v) is 11.8. The molecule has 0 bridgehead atoms. The number of carbonyl (C=O) groups is 2. The van der Waals surface area contributed by atoms with E-state index in [0.717, 1.165) is 51.4 Å². The first-order valence-electron chi connectivity index (χ1n) is 17.1. The lowest BCUT2D eigenvalue weighted by molar-refractivity contribution is -0.232. The Bertz CT molecular complexity index is 1390. The van der Waals surface area contributed by atoms with Crippen LogP contribution in [-0.2, 0) is 32.2 Å². The molecular weight excluding hydrogens is 570 g/mol. The van der Waals surface area contributed by atoms with Gasteiger partial charge in [0.2, 0.25) is 0 Å². The maximum atomic E-state index is 12.4. The molecule has 0 saturated heterocycles. The Labute approximate surface area is 268 Å². The number of aliphatic hydroxyl groups is 1. The summed E-state index contributed by atoms with van der Waals surface area (Å²) in [6, 6.07) is 0. The maximum absolute atomic E-state index is 12.4. The average molecular weight is 626 g/mol. The van der Waals surface area contributed by atoms with Gasteiger partial charge in [-0.1, -0.05) is 58.4 Å². The summed E-state index contributed by atoms with van der Waals surface area (Å²) in [5, 5.41) is 30.7. The number of allylic oxidation sites excluding steroid dienone is 1. The molecule has 1 aromatic rings. The van der Waals surface area contributed by atoms with E-state index in [2.05, 4.69) is 57.9 Å². The number of nitrogens with zero attached hydrogens (tertiary/aromatic N) is 3. The van der Waals surface area contributed by atoms with Crippen LogP contribution >= 0.6 is 0 Å². The van der Waals surface area contributed by atoms with Crippen LogP contribution in [0.2, 0.25) is 0 Å². The van der Waals surface area contributed by atoms with Gasteiger partial charge in [-0.2, -0.15) is 0 Å². The van der Waals surface area contributed by atoms with Crippen molar-refractivity contribution in [3.63, 3.8) is 0 Å². The summed E-state index contributed by atoms with van der Waals surface area (Å²) in [4.78, 5) is 24.0. The van der Waals surface area contributed by atoms with E-state index in [1.165, 1.54) is 17.4 Å². The quantitative estimate of drug-likeness (QED) is 0.283. The lowest BCUT2D eigenvalue weighted by atomic mass is 9.33. The van der Waals surface area contributed by atoms with Gasteiger partial charge in [0.1, 0.15) is 12.2 Å². The van der Waals surface area contributed by atoms with Crippen molar-refractivity contribution in [2.24, 2.45) is 50.2 Å². The molecule has 45 heavy (non-hydrogen) atoms. The second-order valence-corrected chi connectivity index (χ2v) is 17.4. The Hall–Kier alpha value is -2.26. The number of rotatable bonds is 6. The summed E-state index contributed by atoms with van der Waals surface area (Å²) in [5.41, 5.74) is 1.10. The Morgan fingerprint density at radius 2 is 1.71 bits per heavy atom. The fraction of sp³-hybridized carbons (Fsp3) is 0.833. The highest BCUT2D eigenvalue weighted by Crippen LogP contribution is 2.75. The highest BCUT2D eigenvalue weighted by atomic mass is 16.5. The number of ether oxygens (including phenoxy) is 2. The van der Waals surface area contributed by atoms with Gasteiger partial charge in [-0.15, -0.1) is 5.10 Å². The lowest BCUT2D eigenvalue weighted by Gasteiger charge is -2.72. The zero-order chi connectivity index (χ0) is 32.8. The van der Waals surface area contributed by atoms with Crippen molar-refractivity contribution in [2.45, 2.75) is 132 Å². The molecule has 6 rings (SSSR count). The van der Waals surface area contributed by atoms with E-state index in [9.17, 15) is 19.8 Å². The molecule has 9 nitrogen and oxygen atoms in total. The van der Waals surface area contributed by atoms with Crippen LogP contribution in [0.15, 0.2) is 17.8 Å². The summed E-state index contributed by atoms with van der Waals surface area (Å²) in [6.45, 7) is 16.7. The molecule has 0 spiro atoms. The van der Waals surface area contributed by atoms with Gasteiger partial charge in [-0.25, -0.2) is 4.68 Å². The molecule has 0 radical (unpaired) electrons. The summed E-state index contributed by atoms with van der Waals surface area (Å²) >= 11 is 0. The third-order valence-corrected chi connectivity index (χ3v) is 14.8. The Kier molecular flexibility index (Phi) is 7.72. The number of methoxy groups -OCH3 is 1. The van der Waals surface area contributed by atoms with Crippen LogP contribution in [0.25, 0.3) is 0 Å². The van der Waals surface area contributed by atoms with Crippen molar-refractivity contribution in [3.8, 4) is 0 Å². The van der Waals surface area contributed by atoms with Crippen molar-refractivity contribution < 1.29 is 29.3 Å². The minimum atomic E-state index is -0.715. The van der Waals surface area contributed by atoms with Crippen molar-refractivity contribution >= 4 is 11.9 Å². The number of carbonyl (C=O) groups excluding carboxylic acids is 1. The van der Waals surface area contributed by atoms with Gasteiger partial charge in [0.05, 0.1) is 37.5 Å². The monoisotopic (exact) mass is 625 g/mol. The molecule has 10 atom stereocenters. The number of carboxylic acid groups (broad SMARTS) is 1. The van der Waals surface area contributed by atoms with Crippen LogP contribution in [0.4, 0.5) is 0 Å². The molecule has 4 saturated carbocycles. The van der Waals surface area contributed by atoms with Gasteiger partial charge in [-0.05, 0) is 104 Å². The predicted octanol–water partition coefficient (Wildman–Crippen LogP) is 6.19. The normalized spacial score (nSPS) is 45.3. The standard InChI is InChI=1S/C36H55N3O6/c1-31(2)26-9-12-36(7)29(34(26,5)11-10-27(31)45-21-22-19-39(38-37-22)20-28(41)44-8)25(40)17-23-24-18-33(4,30(42)43)14-13-32(24,3)15-16-35(23,36)6/h17,19,24-27,29,40H,9-16,18,20-21H2,1-8H3,(H,42,43)/t24-,25?,26-,27-,29+,32+,33-,34-,35+,36+/m0/s1. The first-order valence-corrected chi connectivity index (χ1v) is 17.1. The van der Waals surface area contributed by atoms with Crippen LogP contribution in [0, 0.1) is 50.2 Å². The van der Waals surface area contributed by atoms with E-state index in [1.807, 2.05) is 6.92 Å². The second kappa shape index (κ2) is 10.6. The van der Waals surface area contributed by atoms with Gasteiger partial charge < -0.3 is 19.7 Å². The summed E-state index contributed by atoms with van der Waals surface area (Å²) in [6.07, 6.45) is 12.0. The highest BCUT2D eigenvalue weighted by molar-refractivity contribution is 5.74. The number of aliphatic carboxylic acids is 1. The number of carboxylic acids is 1. The number of hydrogen-bond acceptors (Lipinski definition) is 7. The van der Waals surface area contributed by atoms with Crippen LogP contribution in [0.3, 0.4) is 0 Å². The highest BCUT2D eigenvalue weighted by Gasteiger charge is 2.70. The second-order valence-electron chi connectivity index (χ2n) is 17.4. The number of hydrogen-bond donors (Lipinski definition) is 2. The van der Waals surface area contributed by atoms with E-state index >= 15 is 0 Å². The number of fused-ring (bicyclic) bond motifs is 7. The van der Waals surface area contributed by atoms with E-state index in [-0.39, 0.29) is 57.5 Å². The molecule has 1 unspecified atom stereocenters. The van der Waals surface area contributed by atoms with Gasteiger partial charge in [-0.3, -0.25) is 9.59 Å². The number of esters is 1. The molecule has 1 aromatic heterocycles. The number of aliphatic hydroxyl groups excluding tert-OH is 1. The summed E-state index contributed by atoms with van der Waals surface area (Å²) in [5.74, 6) is -0.364. The predicted molar refractivity (Wildman–Crippen MR) is 169 cm³/mol. The topological polar surface area (TPSA) is 124 Å². The van der Waals surface area contributed by atoms with Crippen LogP contribution in [0.5, 0.6) is 0 Å². The first kappa shape index (κ1) is 32.7. The van der Waals surface area contributed by atoms with Gasteiger partial charge in [0, 0.05) is 5.92 Å². The molecule has 9 heteroatoms. The molecule has 4 fully saturated rings. The fourth-order valence-electron chi connectivity index (χ4n) is 11.8. The van der Waals surface area contributed by atoms with Crippen molar-refractivity contribution in [1.29, 1.82) is 0 Å². The smallest absolute Gasteiger partial charge is 0.327 e. The Morgan fingerprint density at radius 1 is 1.00 bits per heavy atom. The van der Waals surface area contributed by atoms with Crippen molar-refractivity contribution in [1.82, 2.24) is 15.0 Å². The van der Waals surface area contributed by atoms with Crippen molar-refractivity contribution in [3.05, 3.63) is 23.5 Å². The minimum absolute atomic E-state index is 0.0231. The molecule has 250 valence electrons. The minimum Gasteiger partial charge on any atom is -0.481 e. The first-order chi connectivity index (χ1) is 20.9. The molecule has 0 aliphatic heterocycles. The van der Waals surface area contributed by atoms with E-state index in [1.54, 1.807) is 6.20 Å². The summed E-state index contributed by atoms with van der Waals surface area (Å²) in [7, 11) is 1.36. The van der Waals surface area contributed by atoms with Gasteiger partial charge in [0.25, 0.3) is 0 Å². The molecule has 0 aromatic carbocycles. The molecule has 0 amide bonds. The molecule has 2 N–H and O–H groups in total. The lowest BCUT2D eigenvalue weighted by Crippen LogP contribution is -2.67. The van der Waals surface area contributed by atoms with E-state index < -0.39 is 17.5 Å². The van der Waals surface area contributed by atoms with E-state index in [0.29, 0.717) is 24.6 Å². The third-order valence-electron chi connectivity index (χ3n) is 14.8. The molecular formula is C36H55N3O6. The van der Waals surface area contributed by atoms with Crippen LogP contribution in [-0.4, -0.2) is 56.5 Å². The van der Waals surface area contributed by atoms with Crippen LogP contribution in [0.1, 0.15) is 112 Å². The zero-order valence-electron chi connectivity index (χ0n) is 28.7. The molecule has 5 aliphatic rings. The van der Waals surface area contributed by atoms with Crippen molar-refractivity contribution in [2.75, 3.05) is 7.11 Å².